The fourth-order valence-electron chi connectivity index (χ4n) is 0.998. The molecule has 0 aliphatic rings. The summed E-state index contributed by atoms with van der Waals surface area (Å²) in [6, 6.07) is 3.35. The van der Waals surface area contributed by atoms with Crippen LogP contribution in [0.2, 0.25) is 0 Å². The second kappa shape index (κ2) is 5.20. The van der Waals surface area contributed by atoms with Crippen LogP contribution in [0.15, 0.2) is 21.2 Å². The van der Waals surface area contributed by atoms with Crippen LogP contribution in [0, 0.1) is 5.92 Å². The molecule has 1 N–H and O–H groups in total. The van der Waals surface area contributed by atoms with Gasteiger partial charge < -0.3 is 9.73 Å². The molecule has 14 heavy (non-hydrogen) atoms. The Morgan fingerprint density at radius 2 is 2.29 bits per heavy atom. The minimum atomic E-state index is -0.156. The lowest BCUT2D eigenvalue weighted by atomic mass is 10.1. The molecule has 0 spiro atoms. The maximum absolute atomic E-state index is 11.4. The number of amides is 1. The maximum atomic E-state index is 11.4. The zero-order valence-corrected chi connectivity index (χ0v) is 9.93. The summed E-state index contributed by atoms with van der Waals surface area (Å²) in [5.74, 6) is 0.788. The van der Waals surface area contributed by atoms with Gasteiger partial charge in [-0.15, -0.1) is 0 Å². The number of hydrogen-bond acceptors (Lipinski definition) is 2. The first-order chi connectivity index (χ1) is 6.59. The molecule has 0 unspecified atom stereocenters. The Balaban J connectivity index is 2.36. The first-order valence-corrected chi connectivity index (χ1v) is 5.42. The van der Waals surface area contributed by atoms with Crippen LogP contribution in [-0.2, 0) is 0 Å². The van der Waals surface area contributed by atoms with Crippen molar-refractivity contribution in [1.29, 1.82) is 0 Å². The van der Waals surface area contributed by atoms with Gasteiger partial charge in [-0.3, -0.25) is 4.79 Å². The van der Waals surface area contributed by atoms with E-state index < -0.39 is 0 Å². The van der Waals surface area contributed by atoms with Crippen molar-refractivity contribution >= 4 is 21.8 Å². The van der Waals surface area contributed by atoms with Gasteiger partial charge in [-0.25, -0.2) is 0 Å². The quantitative estimate of drug-likeness (QED) is 0.904. The summed E-state index contributed by atoms with van der Waals surface area (Å²) in [7, 11) is 0. The van der Waals surface area contributed by atoms with Gasteiger partial charge in [0.05, 0.1) is 0 Å². The molecule has 3 nitrogen and oxygen atoms in total. The minimum absolute atomic E-state index is 0.156. The Bertz CT molecular complexity index is 307. The standard InChI is InChI=1S/C10H14BrNO2/c1-7(2)5-6-12-10(13)8-3-4-9(11)14-8/h3-4,7H,5-6H2,1-2H3,(H,12,13). The van der Waals surface area contributed by atoms with Crippen LogP contribution in [0.3, 0.4) is 0 Å². The summed E-state index contributed by atoms with van der Waals surface area (Å²) in [6.07, 6.45) is 0.980. The molecule has 1 heterocycles. The average Bonchev–Trinajstić information content (AvgIpc) is 2.51. The third-order valence-electron chi connectivity index (χ3n) is 1.80. The fraction of sp³-hybridized carbons (Fsp3) is 0.500. The number of hydrogen-bond donors (Lipinski definition) is 1. The molecule has 0 radical (unpaired) electrons. The molecule has 1 rings (SSSR count). The smallest absolute Gasteiger partial charge is 0.287 e. The first kappa shape index (κ1) is 11.3. The van der Waals surface area contributed by atoms with Gasteiger partial charge in [-0.1, -0.05) is 13.8 Å². The second-order valence-corrected chi connectivity index (χ2v) is 4.32. The van der Waals surface area contributed by atoms with Gasteiger partial charge in [0, 0.05) is 6.54 Å². The largest absolute Gasteiger partial charge is 0.444 e. The highest BCUT2D eigenvalue weighted by Gasteiger charge is 2.09. The Labute approximate surface area is 92.0 Å². The third-order valence-corrected chi connectivity index (χ3v) is 2.23. The monoisotopic (exact) mass is 259 g/mol. The van der Waals surface area contributed by atoms with E-state index in [9.17, 15) is 4.79 Å². The number of rotatable bonds is 4. The lowest BCUT2D eigenvalue weighted by molar-refractivity contribution is 0.0923. The summed E-state index contributed by atoms with van der Waals surface area (Å²) < 4.78 is 5.68. The molecule has 4 heteroatoms. The van der Waals surface area contributed by atoms with E-state index >= 15 is 0 Å². The predicted molar refractivity (Wildman–Crippen MR) is 58.2 cm³/mol. The molecule has 0 aromatic carbocycles. The first-order valence-electron chi connectivity index (χ1n) is 4.63. The van der Waals surface area contributed by atoms with E-state index in [0.29, 0.717) is 22.9 Å². The molecule has 0 aliphatic heterocycles. The topological polar surface area (TPSA) is 42.2 Å². The Morgan fingerprint density at radius 3 is 2.79 bits per heavy atom. The predicted octanol–water partition coefficient (Wildman–Crippen LogP) is 2.82. The molecular formula is C10H14BrNO2. The van der Waals surface area contributed by atoms with Gasteiger partial charge in [-0.05, 0) is 40.4 Å². The zero-order chi connectivity index (χ0) is 10.6. The average molecular weight is 260 g/mol. The van der Waals surface area contributed by atoms with Crippen LogP contribution in [-0.4, -0.2) is 12.5 Å². The molecule has 0 saturated carbocycles. The molecule has 78 valence electrons. The molecule has 0 bridgehead atoms. The van der Waals surface area contributed by atoms with Gasteiger partial charge in [0.25, 0.3) is 5.91 Å². The van der Waals surface area contributed by atoms with Crippen molar-refractivity contribution in [2.45, 2.75) is 20.3 Å². The Kier molecular flexibility index (Phi) is 4.20. The molecule has 1 aromatic heterocycles. The number of nitrogens with one attached hydrogen (secondary N) is 1. The van der Waals surface area contributed by atoms with Gasteiger partial charge in [0.2, 0.25) is 0 Å². The summed E-state index contributed by atoms with van der Waals surface area (Å²) in [5.41, 5.74) is 0. The highest BCUT2D eigenvalue weighted by Crippen LogP contribution is 2.13. The van der Waals surface area contributed by atoms with Crippen molar-refractivity contribution in [3.8, 4) is 0 Å². The summed E-state index contributed by atoms with van der Waals surface area (Å²) in [6.45, 7) is 4.93. The number of furan rings is 1. The van der Waals surface area contributed by atoms with E-state index in [-0.39, 0.29) is 5.91 Å². The van der Waals surface area contributed by atoms with Crippen molar-refractivity contribution in [2.24, 2.45) is 5.92 Å². The van der Waals surface area contributed by atoms with Crippen molar-refractivity contribution in [3.05, 3.63) is 22.6 Å². The van der Waals surface area contributed by atoms with Crippen molar-refractivity contribution in [3.63, 3.8) is 0 Å². The van der Waals surface area contributed by atoms with Crippen LogP contribution >= 0.6 is 15.9 Å². The van der Waals surface area contributed by atoms with Gasteiger partial charge in [0.1, 0.15) is 0 Å². The third kappa shape index (κ3) is 3.54. The molecule has 1 amide bonds. The molecular weight excluding hydrogens is 246 g/mol. The lowest BCUT2D eigenvalue weighted by Gasteiger charge is -2.04. The number of halogens is 1. The van der Waals surface area contributed by atoms with Crippen LogP contribution in [0.25, 0.3) is 0 Å². The van der Waals surface area contributed by atoms with Gasteiger partial charge in [0.15, 0.2) is 10.4 Å². The van der Waals surface area contributed by atoms with E-state index in [1.54, 1.807) is 12.1 Å². The van der Waals surface area contributed by atoms with Crippen LogP contribution in [0.5, 0.6) is 0 Å². The normalized spacial score (nSPS) is 10.6. The number of carbonyl (C=O) groups is 1. The van der Waals surface area contributed by atoms with Crippen LogP contribution in [0.4, 0.5) is 0 Å². The van der Waals surface area contributed by atoms with Gasteiger partial charge in [-0.2, -0.15) is 0 Å². The molecule has 1 aromatic rings. The van der Waals surface area contributed by atoms with Crippen molar-refractivity contribution in [1.82, 2.24) is 5.32 Å². The summed E-state index contributed by atoms with van der Waals surface area (Å²) in [4.78, 5) is 11.4. The highest BCUT2D eigenvalue weighted by atomic mass is 79.9. The van der Waals surface area contributed by atoms with E-state index in [0.717, 1.165) is 6.42 Å². The molecule has 0 fully saturated rings. The zero-order valence-electron chi connectivity index (χ0n) is 8.34. The number of carbonyl (C=O) groups excluding carboxylic acids is 1. The SMILES string of the molecule is CC(C)CCNC(=O)c1ccc(Br)o1. The van der Waals surface area contributed by atoms with E-state index in [1.807, 2.05) is 0 Å². The van der Waals surface area contributed by atoms with Crippen LogP contribution in [0.1, 0.15) is 30.8 Å². The Morgan fingerprint density at radius 1 is 1.57 bits per heavy atom. The van der Waals surface area contributed by atoms with E-state index in [4.69, 9.17) is 4.42 Å². The van der Waals surface area contributed by atoms with Crippen LogP contribution < -0.4 is 5.32 Å². The molecule has 0 saturated heterocycles. The lowest BCUT2D eigenvalue weighted by Crippen LogP contribution is -2.24. The summed E-state index contributed by atoms with van der Waals surface area (Å²) in [5, 5.41) is 2.79. The van der Waals surface area contributed by atoms with Gasteiger partial charge >= 0.3 is 0 Å². The highest BCUT2D eigenvalue weighted by molar-refractivity contribution is 9.10. The Hall–Kier alpha value is -0.770. The van der Waals surface area contributed by atoms with E-state index in [2.05, 4.69) is 35.1 Å². The van der Waals surface area contributed by atoms with Crippen molar-refractivity contribution in [2.75, 3.05) is 6.54 Å². The maximum Gasteiger partial charge on any atom is 0.287 e. The van der Waals surface area contributed by atoms with E-state index in [1.165, 1.54) is 0 Å². The second-order valence-electron chi connectivity index (χ2n) is 3.54. The summed E-state index contributed by atoms with van der Waals surface area (Å²) >= 11 is 3.15. The molecule has 0 aliphatic carbocycles. The minimum Gasteiger partial charge on any atom is -0.444 e. The fourth-order valence-corrected chi connectivity index (χ4v) is 1.30. The molecule has 0 atom stereocenters. The van der Waals surface area contributed by atoms with Crippen molar-refractivity contribution < 1.29 is 9.21 Å².